The molecule has 1 saturated heterocycles. The van der Waals surface area contributed by atoms with Gasteiger partial charge in [0.15, 0.2) is 5.75 Å². The number of aryl methyl sites for hydroxylation is 1. The summed E-state index contributed by atoms with van der Waals surface area (Å²) in [5.74, 6) is 0.446. The van der Waals surface area contributed by atoms with Crippen LogP contribution in [-0.4, -0.2) is 43.9 Å². The molecule has 148 valence electrons. The van der Waals surface area contributed by atoms with E-state index >= 15 is 0 Å². The lowest BCUT2D eigenvalue weighted by Crippen LogP contribution is -2.48. The highest BCUT2D eigenvalue weighted by Crippen LogP contribution is 2.37. The number of fused-ring (bicyclic) bond motifs is 2. The van der Waals surface area contributed by atoms with Crippen molar-refractivity contribution in [3.8, 4) is 11.5 Å². The van der Waals surface area contributed by atoms with Gasteiger partial charge >= 0.3 is 0 Å². The maximum absolute atomic E-state index is 13.1. The summed E-state index contributed by atoms with van der Waals surface area (Å²) in [6, 6.07) is 9.85. The highest BCUT2D eigenvalue weighted by atomic mass is 32.2. The number of amides is 1. The summed E-state index contributed by atoms with van der Waals surface area (Å²) >= 11 is 0. The number of morpholine rings is 1. The van der Waals surface area contributed by atoms with E-state index in [2.05, 4.69) is 5.32 Å². The van der Waals surface area contributed by atoms with Gasteiger partial charge in [0.2, 0.25) is 10.0 Å². The summed E-state index contributed by atoms with van der Waals surface area (Å²) in [7, 11) is -3.75. The molecule has 0 unspecified atom stereocenters. The van der Waals surface area contributed by atoms with Crippen molar-refractivity contribution in [3.63, 3.8) is 0 Å². The average molecular weight is 402 g/mol. The van der Waals surface area contributed by atoms with Crippen molar-refractivity contribution >= 4 is 21.6 Å². The number of nitrogens with one attached hydrogen (secondary N) is 1. The van der Waals surface area contributed by atoms with Gasteiger partial charge in [0, 0.05) is 13.1 Å². The van der Waals surface area contributed by atoms with Crippen LogP contribution in [-0.2, 0) is 14.8 Å². The standard InChI is InChI=1S/C20H22N2O5S/c1-12-4-6-17-19(8-12)27-18-7-5-15(9-16(18)20(23)21-17)28(24,25)22-10-13(2)26-14(3)11-22/h4-9,13-14H,10-11H2,1-3H3,(H,21,23)/t13-,14+. The van der Waals surface area contributed by atoms with E-state index < -0.39 is 15.9 Å². The second kappa shape index (κ2) is 6.88. The van der Waals surface area contributed by atoms with Crippen molar-refractivity contribution < 1.29 is 22.7 Å². The molecule has 0 aromatic heterocycles. The topological polar surface area (TPSA) is 84.9 Å². The first-order valence-corrected chi connectivity index (χ1v) is 10.6. The molecule has 0 spiro atoms. The van der Waals surface area contributed by atoms with Crippen molar-refractivity contribution in [1.29, 1.82) is 0 Å². The number of anilines is 1. The van der Waals surface area contributed by atoms with E-state index in [0.29, 0.717) is 17.2 Å². The zero-order valence-electron chi connectivity index (χ0n) is 15.9. The molecule has 1 amide bonds. The number of hydrogen-bond donors (Lipinski definition) is 1. The Morgan fingerprint density at radius 1 is 1.04 bits per heavy atom. The molecular weight excluding hydrogens is 380 g/mol. The molecule has 1 N–H and O–H groups in total. The third-order valence-corrected chi connectivity index (χ3v) is 6.65. The highest BCUT2D eigenvalue weighted by molar-refractivity contribution is 7.89. The second-order valence-corrected chi connectivity index (χ2v) is 9.23. The van der Waals surface area contributed by atoms with Crippen molar-refractivity contribution in [2.75, 3.05) is 18.4 Å². The van der Waals surface area contributed by atoms with Crippen molar-refractivity contribution in [3.05, 3.63) is 47.5 Å². The number of ether oxygens (including phenoxy) is 2. The van der Waals surface area contributed by atoms with Crippen LogP contribution in [0, 0.1) is 6.92 Å². The van der Waals surface area contributed by atoms with Gasteiger partial charge in [-0.2, -0.15) is 4.31 Å². The molecule has 2 atom stereocenters. The molecule has 4 rings (SSSR count). The van der Waals surface area contributed by atoms with Crippen LogP contribution in [0.5, 0.6) is 11.5 Å². The zero-order valence-corrected chi connectivity index (χ0v) is 16.7. The average Bonchev–Trinajstić information content (AvgIpc) is 2.76. The van der Waals surface area contributed by atoms with Gasteiger partial charge in [-0.05, 0) is 56.7 Å². The fourth-order valence-electron chi connectivity index (χ4n) is 3.54. The summed E-state index contributed by atoms with van der Waals surface area (Å²) in [6.07, 6.45) is -0.382. The van der Waals surface area contributed by atoms with Gasteiger partial charge in [-0.15, -0.1) is 0 Å². The van der Waals surface area contributed by atoms with Gasteiger partial charge < -0.3 is 14.8 Å². The molecule has 2 aromatic carbocycles. The maximum Gasteiger partial charge on any atom is 0.259 e. The number of rotatable bonds is 2. The largest absolute Gasteiger partial charge is 0.454 e. The first-order chi connectivity index (χ1) is 13.2. The van der Waals surface area contributed by atoms with Crippen molar-refractivity contribution in [2.24, 2.45) is 0 Å². The smallest absolute Gasteiger partial charge is 0.259 e. The normalized spacial score (nSPS) is 22.5. The Hall–Kier alpha value is -2.42. The lowest BCUT2D eigenvalue weighted by atomic mass is 10.2. The van der Waals surface area contributed by atoms with Crippen LogP contribution in [0.2, 0.25) is 0 Å². The predicted molar refractivity (Wildman–Crippen MR) is 104 cm³/mol. The Morgan fingerprint density at radius 3 is 2.46 bits per heavy atom. The molecule has 2 aliphatic rings. The molecule has 0 saturated carbocycles. The second-order valence-electron chi connectivity index (χ2n) is 7.29. The number of hydrogen-bond acceptors (Lipinski definition) is 5. The van der Waals surface area contributed by atoms with Crippen LogP contribution < -0.4 is 10.1 Å². The Morgan fingerprint density at radius 2 is 1.75 bits per heavy atom. The molecule has 7 nitrogen and oxygen atoms in total. The molecule has 0 bridgehead atoms. The third-order valence-electron chi connectivity index (χ3n) is 4.82. The van der Waals surface area contributed by atoms with E-state index in [4.69, 9.17) is 9.47 Å². The van der Waals surface area contributed by atoms with Crippen molar-refractivity contribution in [2.45, 2.75) is 37.9 Å². The first-order valence-electron chi connectivity index (χ1n) is 9.13. The van der Waals surface area contributed by atoms with Crippen LogP contribution in [0.15, 0.2) is 41.3 Å². The van der Waals surface area contributed by atoms with Crippen molar-refractivity contribution in [1.82, 2.24) is 4.31 Å². The van der Waals surface area contributed by atoms with E-state index in [-0.39, 0.29) is 35.8 Å². The monoisotopic (exact) mass is 402 g/mol. The molecule has 2 heterocycles. The van der Waals surface area contributed by atoms with E-state index in [1.807, 2.05) is 32.9 Å². The van der Waals surface area contributed by atoms with E-state index in [0.717, 1.165) is 5.56 Å². The van der Waals surface area contributed by atoms with Gasteiger partial charge in [-0.3, -0.25) is 4.79 Å². The van der Waals surface area contributed by atoms with E-state index in [9.17, 15) is 13.2 Å². The van der Waals surface area contributed by atoms with Gasteiger partial charge in [0.25, 0.3) is 5.91 Å². The minimum absolute atomic E-state index is 0.0634. The number of sulfonamides is 1. The molecule has 0 aliphatic carbocycles. The molecule has 1 fully saturated rings. The Labute approximate surface area is 164 Å². The van der Waals surface area contributed by atoms with Crippen LogP contribution in [0.25, 0.3) is 0 Å². The van der Waals surface area contributed by atoms with Crippen LogP contribution in [0.4, 0.5) is 5.69 Å². The van der Waals surface area contributed by atoms with Gasteiger partial charge in [-0.1, -0.05) is 6.07 Å². The highest BCUT2D eigenvalue weighted by Gasteiger charge is 2.33. The van der Waals surface area contributed by atoms with Gasteiger partial charge in [0.05, 0.1) is 28.4 Å². The Bertz CT molecular complexity index is 1040. The molecule has 28 heavy (non-hydrogen) atoms. The zero-order chi connectivity index (χ0) is 20.1. The fraction of sp³-hybridized carbons (Fsp3) is 0.350. The van der Waals surface area contributed by atoms with E-state index in [1.165, 1.54) is 22.5 Å². The van der Waals surface area contributed by atoms with Crippen LogP contribution >= 0.6 is 0 Å². The lowest BCUT2D eigenvalue weighted by Gasteiger charge is -2.34. The summed E-state index contributed by atoms with van der Waals surface area (Å²) in [6.45, 7) is 6.16. The first kappa shape index (κ1) is 18.9. The Kier molecular flexibility index (Phi) is 4.65. The fourth-order valence-corrected chi connectivity index (χ4v) is 5.15. The number of carbonyl (C=O) groups excluding carboxylic acids is 1. The Balaban J connectivity index is 1.71. The molecule has 2 aromatic rings. The van der Waals surface area contributed by atoms with Gasteiger partial charge in [-0.25, -0.2) is 8.42 Å². The quantitative estimate of drug-likeness (QED) is 0.834. The minimum atomic E-state index is -3.75. The van der Waals surface area contributed by atoms with Crippen LogP contribution in [0.1, 0.15) is 29.8 Å². The predicted octanol–water partition coefficient (Wildman–Crippen LogP) is 3.15. The summed E-state index contributed by atoms with van der Waals surface area (Å²) in [5.41, 5.74) is 1.72. The molecular formula is C20H22N2O5S. The number of nitrogens with zero attached hydrogens (tertiary/aromatic N) is 1. The summed E-state index contributed by atoms with van der Waals surface area (Å²) < 4.78 is 39.2. The van der Waals surface area contributed by atoms with Gasteiger partial charge in [0.1, 0.15) is 5.75 Å². The lowest BCUT2D eigenvalue weighted by molar-refractivity contribution is -0.0440. The SMILES string of the molecule is Cc1ccc2c(c1)Oc1ccc(S(=O)(=O)N3C[C@@H](C)O[C@@H](C)C3)cc1C(=O)N2. The molecule has 8 heteroatoms. The number of benzene rings is 2. The summed E-state index contributed by atoms with van der Waals surface area (Å²) in [5, 5.41) is 2.79. The molecule has 0 radical (unpaired) electrons. The molecule has 2 aliphatic heterocycles. The third kappa shape index (κ3) is 3.39. The van der Waals surface area contributed by atoms with E-state index in [1.54, 1.807) is 6.07 Å². The summed E-state index contributed by atoms with van der Waals surface area (Å²) in [4.78, 5) is 12.8. The van der Waals surface area contributed by atoms with Crippen LogP contribution in [0.3, 0.4) is 0 Å². The minimum Gasteiger partial charge on any atom is -0.454 e. The maximum atomic E-state index is 13.1. The number of carbonyl (C=O) groups is 1.